The number of hydrogen-bond acceptors (Lipinski definition) is 5. The molecule has 96 valence electrons. The molecule has 16 heavy (non-hydrogen) atoms. The van der Waals surface area contributed by atoms with E-state index in [0.717, 1.165) is 23.4 Å². The summed E-state index contributed by atoms with van der Waals surface area (Å²) < 4.78 is 46.2. The van der Waals surface area contributed by atoms with Crippen molar-refractivity contribution < 1.29 is 16.8 Å². The first-order chi connectivity index (χ1) is 7.10. The van der Waals surface area contributed by atoms with E-state index in [1.54, 1.807) is 0 Å². The molecule has 0 aromatic carbocycles. The van der Waals surface area contributed by atoms with Crippen LogP contribution < -0.4 is 5.73 Å². The maximum atomic E-state index is 11.6. The molecule has 0 unspecified atom stereocenters. The van der Waals surface area contributed by atoms with Crippen LogP contribution >= 0.6 is 0 Å². The molecule has 0 atom stereocenters. The first-order valence-corrected chi connectivity index (χ1v) is 8.64. The molecule has 0 spiro atoms. The van der Waals surface area contributed by atoms with Crippen molar-refractivity contribution in [1.82, 2.24) is 4.31 Å². The maximum absolute atomic E-state index is 11.6. The van der Waals surface area contributed by atoms with Gasteiger partial charge in [-0.3, -0.25) is 0 Å². The molecular formula is C8H18N2O4S2. The minimum atomic E-state index is -3.70. The van der Waals surface area contributed by atoms with Crippen molar-refractivity contribution in [2.24, 2.45) is 11.7 Å². The van der Waals surface area contributed by atoms with Crippen LogP contribution in [0.3, 0.4) is 0 Å². The van der Waals surface area contributed by atoms with Gasteiger partial charge in [0.1, 0.15) is 0 Å². The van der Waals surface area contributed by atoms with E-state index in [9.17, 15) is 16.8 Å². The Morgan fingerprint density at radius 2 is 1.75 bits per heavy atom. The van der Waals surface area contributed by atoms with Gasteiger partial charge in [-0.2, -0.15) is 0 Å². The fourth-order valence-corrected chi connectivity index (χ4v) is 5.10. The first-order valence-electron chi connectivity index (χ1n) is 4.97. The number of rotatable bonds is 5. The van der Waals surface area contributed by atoms with Crippen molar-refractivity contribution in [3.8, 4) is 0 Å². The van der Waals surface area contributed by atoms with E-state index >= 15 is 0 Å². The summed E-state index contributed by atoms with van der Waals surface area (Å²) in [7, 11) is -5.81. The van der Waals surface area contributed by atoms with Crippen molar-refractivity contribution in [3.05, 3.63) is 0 Å². The van der Waals surface area contributed by atoms with Gasteiger partial charge >= 0.3 is 0 Å². The molecule has 1 aliphatic rings. The van der Waals surface area contributed by atoms with Gasteiger partial charge in [0, 0.05) is 25.9 Å². The Labute approximate surface area is 96.8 Å². The van der Waals surface area contributed by atoms with Gasteiger partial charge in [0.05, 0.1) is 0 Å². The van der Waals surface area contributed by atoms with Crippen LogP contribution in [0.2, 0.25) is 0 Å². The summed E-state index contributed by atoms with van der Waals surface area (Å²) in [5.41, 5.74) is 5.59. The highest BCUT2D eigenvalue weighted by atomic mass is 32.3. The molecule has 1 fully saturated rings. The first kappa shape index (κ1) is 13.9. The van der Waals surface area contributed by atoms with E-state index in [-0.39, 0.29) is 12.0 Å². The van der Waals surface area contributed by atoms with Gasteiger partial charge < -0.3 is 5.73 Å². The molecular weight excluding hydrogens is 252 g/mol. The average Bonchev–Trinajstić information content (AvgIpc) is 1.96. The fourth-order valence-electron chi connectivity index (χ4n) is 1.77. The molecule has 0 aromatic heterocycles. The predicted octanol–water partition coefficient (Wildman–Crippen LogP) is -1.01. The molecule has 8 heteroatoms. The highest BCUT2D eigenvalue weighted by Gasteiger charge is 2.31. The number of sulfone groups is 1. The van der Waals surface area contributed by atoms with Crippen molar-refractivity contribution >= 4 is 19.9 Å². The number of nitrogens with zero attached hydrogens (tertiary/aromatic N) is 1. The molecule has 0 radical (unpaired) electrons. The standard InChI is InChI=1S/C8H18N2O4S2/c1-10(5-7-3-8(9)4-7)16(13,14)6-15(2,11)12/h7-8H,3-6,9H2,1-2H3. The molecule has 1 saturated carbocycles. The van der Waals surface area contributed by atoms with E-state index in [1.807, 2.05) is 0 Å². The quantitative estimate of drug-likeness (QED) is 0.690. The third kappa shape index (κ3) is 4.00. The van der Waals surface area contributed by atoms with Gasteiger partial charge in [-0.25, -0.2) is 21.1 Å². The van der Waals surface area contributed by atoms with Crippen LogP contribution in [0.4, 0.5) is 0 Å². The lowest BCUT2D eigenvalue weighted by Crippen LogP contribution is -2.44. The number of nitrogens with two attached hydrogens (primary N) is 1. The zero-order valence-corrected chi connectivity index (χ0v) is 11.1. The van der Waals surface area contributed by atoms with Crippen molar-refractivity contribution in [2.75, 3.05) is 24.9 Å². The van der Waals surface area contributed by atoms with Crippen LogP contribution in [0, 0.1) is 5.92 Å². The Morgan fingerprint density at radius 1 is 1.25 bits per heavy atom. The fraction of sp³-hybridized carbons (Fsp3) is 1.00. The zero-order chi connectivity index (χ0) is 12.6. The largest absolute Gasteiger partial charge is 0.328 e. The van der Waals surface area contributed by atoms with Crippen molar-refractivity contribution in [2.45, 2.75) is 18.9 Å². The highest BCUT2D eigenvalue weighted by Crippen LogP contribution is 2.26. The van der Waals surface area contributed by atoms with Gasteiger partial charge in [0.15, 0.2) is 14.9 Å². The van der Waals surface area contributed by atoms with Crippen LogP contribution in [0.25, 0.3) is 0 Å². The summed E-state index contributed by atoms with van der Waals surface area (Å²) in [6.07, 6.45) is 2.52. The van der Waals surface area contributed by atoms with E-state index in [2.05, 4.69) is 0 Å². The third-order valence-corrected chi connectivity index (χ3v) is 6.63. The van der Waals surface area contributed by atoms with Gasteiger partial charge in [-0.1, -0.05) is 0 Å². The SMILES string of the molecule is CN(CC1CC(N)C1)S(=O)(=O)CS(C)(=O)=O. The summed E-state index contributed by atoms with van der Waals surface area (Å²) in [5, 5.41) is -0.824. The minimum Gasteiger partial charge on any atom is -0.328 e. The molecule has 0 aromatic rings. The number of hydrogen-bond donors (Lipinski definition) is 1. The number of sulfonamides is 1. The molecule has 1 rings (SSSR count). The second-order valence-corrected chi connectivity index (χ2v) is 9.11. The summed E-state index contributed by atoms with van der Waals surface area (Å²) >= 11 is 0. The van der Waals surface area contributed by atoms with Crippen LogP contribution in [0.1, 0.15) is 12.8 Å². The van der Waals surface area contributed by atoms with Crippen LogP contribution in [-0.4, -0.2) is 52.1 Å². The molecule has 1 aliphatic carbocycles. The summed E-state index contributed by atoms with van der Waals surface area (Å²) in [6.45, 7) is 0.353. The second-order valence-electron chi connectivity index (χ2n) is 4.53. The summed E-state index contributed by atoms with van der Waals surface area (Å²) in [4.78, 5) is 0. The molecule has 0 saturated heterocycles. The minimum absolute atomic E-state index is 0.163. The van der Waals surface area contributed by atoms with E-state index in [4.69, 9.17) is 5.73 Å². The van der Waals surface area contributed by atoms with Crippen LogP contribution in [0.5, 0.6) is 0 Å². The normalized spacial score (nSPS) is 26.8. The zero-order valence-electron chi connectivity index (χ0n) is 9.46. The Balaban J connectivity index is 2.56. The Bertz CT molecular complexity index is 437. The lowest BCUT2D eigenvalue weighted by atomic mass is 9.81. The van der Waals surface area contributed by atoms with Gasteiger partial charge in [-0.15, -0.1) is 0 Å². The summed E-state index contributed by atoms with van der Waals surface area (Å²) in [6, 6.07) is 0.163. The molecule has 0 heterocycles. The highest BCUT2D eigenvalue weighted by molar-refractivity contribution is 8.06. The van der Waals surface area contributed by atoms with E-state index in [0.29, 0.717) is 6.54 Å². The van der Waals surface area contributed by atoms with Crippen molar-refractivity contribution in [1.29, 1.82) is 0 Å². The molecule has 0 bridgehead atoms. The predicted molar refractivity (Wildman–Crippen MR) is 62.0 cm³/mol. The molecule has 0 amide bonds. The second kappa shape index (κ2) is 4.59. The molecule has 6 nitrogen and oxygen atoms in total. The Kier molecular flexibility index (Phi) is 3.99. The summed E-state index contributed by atoms with van der Waals surface area (Å²) in [5.74, 6) is 0.259. The Hall–Kier alpha value is -0.180. The van der Waals surface area contributed by atoms with Gasteiger partial charge in [0.2, 0.25) is 10.0 Å². The van der Waals surface area contributed by atoms with Crippen LogP contribution in [-0.2, 0) is 19.9 Å². The van der Waals surface area contributed by atoms with E-state index in [1.165, 1.54) is 7.05 Å². The lowest BCUT2D eigenvalue weighted by Gasteiger charge is -2.34. The smallest absolute Gasteiger partial charge is 0.228 e. The Morgan fingerprint density at radius 3 is 2.12 bits per heavy atom. The van der Waals surface area contributed by atoms with Crippen molar-refractivity contribution in [3.63, 3.8) is 0 Å². The monoisotopic (exact) mass is 270 g/mol. The van der Waals surface area contributed by atoms with Gasteiger partial charge in [-0.05, 0) is 18.8 Å². The molecule has 0 aliphatic heterocycles. The van der Waals surface area contributed by atoms with Crippen LogP contribution in [0.15, 0.2) is 0 Å². The average molecular weight is 270 g/mol. The lowest BCUT2D eigenvalue weighted by molar-refractivity contribution is 0.227. The van der Waals surface area contributed by atoms with Gasteiger partial charge in [0.25, 0.3) is 0 Å². The van der Waals surface area contributed by atoms with E-state index < -0.39 is 24.9 Å². The topological polar surface area (TPSA) is 97.5 Å². The molecule has 2 N–H and O–H groups in total. The maximum Gasteiger partial charge on any atom is 0.228 e. The third-order valence-electron chi connectivity index (χ3n) is 2.63.